The molecule has 0 radical (unpaired) electrons. The molecule has 3 aromatic heterocycles. The van der Waals surface area contributed by atoms with Gasteiger partial charge in [-0.25, -0.2) is 9.97 Å². The van der Waals surface area contributed by atoms with Gasteiger partial charge in [0.2, 0.25) is 0 Å². The van der Waals surface area contributed by atoms with Crippen LogP contribution < -0.4 is 0 Å². The van der Waals surface area contributed by atoms with Gasteiger partial charge in [0.25, 0.3) is 0 Å². The number of hydrogen-bond donors (Lipinski definition) is 0. The van der Waals surface area contributed by atoms with E-state index in [4.69, 9.17) is 23.2 Å². The van der Waals surface area contributed by atoms with Crippen molar-refractivity contribution < 1.29 is 17.4 Å². The van der Waals surface area contributed by atoms with E-state index in [1.165, 1.54) is 28.0 Å². The average Bonchev–Trinajstić information content (AvgIpc) is 3.36. The van der Waals surface area contributed by atoms with Crippen LogP contribution in [-0.2, 0) is 17.0 Å². The number of alkyl halides is 3. The van der Waals surface area contributed by atoms with E-state index in [0.29, 0.717) is 20.6 Å². The first-order chi connectivity index (χ1) is 15.0. The monoisotopic (exact) mass is 515 g/mol. The molecule has 3 heterocycles. The van der Waals surface area contributed by atoms with Crippen molar-refractivity contribution >= 4 is 45.3 Å². The molecule has 1 atom stereocenters. The summed E-state index contributed by atoms with van der Waals surface area (Å²) in [4.78, 5) is 9.40. The topological polar surface area (TPSA) is 47.8 Å². The molecule has 0 saturated heterocycles. The molecule has 166 valence electrons. The summed E-state index contributed by atoms with van der Waals surface area (Å²) in [5.41, 5.74) is 0.790. The third kappa shape index (κ3) is 4.47. The van der Waals surface area contributed by atoms with Gasteiger partial charge in [-0.2, -0.15) is 13.2 Å². The van der Waals surface area contributed by atoms with Crippen LogP contribution in [0.4, 0.5) is 13.2 Å². The van der Waals surface area contributed by atoms with Crippen LogP contribution in [0, 0.1) is 6.92 Å². The highest BCUT2D eigenvalue weighted by Gasteiger charge is 2.35. The number of rotatable bonds is 4. The molecular formula is C21H14Cl2F3N3OS2. The van der Waals surface area contributed by atoms with Crippen molar-refractivity contribution in [2.45, 2.75) is 18.1 Å². The quantitative estimate of drug-likeness (QED) is 0.293. The highest BCUT2D eigenvalue weighted by Crippen LogP contribution is 2.39. The summed E-state index contributed by atoms with van der Waals surface area (Å²) in [7, 11) is -1.21. The van der Waals surface area contributed by atoms with Crippen molar-refractivity contribution in [1.82, 2.24) is 14.5 Å². The number of nitrogens with zero attached hydrogens (tertiary/aromatic N) is 3. The van der Waals surface area contributed by atoms with E-state index < -0.39 is 22.7 Å². The molecule has 0 aliphatic rings. The fourth-order valence-corrected chi connectivity index (χ4v) is 5.22. The van der Waals surface area contributed by atoms with E-state index in [2.05, 4.69) is 9.97 Å². The second-order valence-electron chi connectivity index (χ2n) is 6.88. The number of imidazole rings is 1. The molecule has 4 nitrogen and oxygen atoms in total. The number of benzene rings is 1. The highest BCUT2D eigenvalue weighted by atomic mass is 35.5. The van der Waals surface area contributed by atoms with Crippen molar-refractivity contribution in [2.75, 3.05) is 6.26 Å². The Morgan fingerprint density at radius 1 is 1.09 bits per heavy atom. The van der Waals surface area contributed by atoms with E-state index in [-0.39, 0.29) is 10.8 Å². The number of aryl methyl sites for hydroxylation is 1. The van der Waals surface area contributed by atoms with Crippen LogP contribution in [0.1, 0.15) is 11.3 Å². The molecule has 0 aliphatic heterocycles. The first-order valence-electron chi connectivity index (χ1n) is 9.07. The van der Waals surface area contributed by atoms with Crippen molar-refractivity contribution in [3.05, 3.63) is 70.1 Å². The van der Waals surface area contributed by atoms with Gasteiger partial charge in [-0.1, -0.05) is 23.2 Å². The van der Waals surface area contributed by atoms with Gasteiger partial charge in [-0.3, -0.25) is 8.78 Å². The zero-order valence-corrected chi connectivity index (χ0v) is 19.7. The smallest absolute Gasteiger partial charge is 0.297 e. The van der Waals surface area contributed by atoms with Gasteiger partial charge in [0.15, 0.2) is 11.5 Å². The van der Waals surface area contributed by atoms with Gasteiger partial charge < -0.3 is 0 Å². The Balaban J connectivity index is 1.83. The zero-order chi connectivity index (χ0) is 23.2. The van der Waals surface area contributed by atoms with Crippen LogP contribution in [0.2, 0.25) is 10.0 Å². The summed E-state index contributed by atoms with van der Waals surface area (Å²) in [6.45, 7) is 1.81. The summed E-state index contributed by atoms with van der Waals surface area (Å²) in [5.74, 6) is 0.0914. The lowest BCUT2D eigenvalue weighted by molar-refractivity contribution is -0.140. The van der Waals surface area contributed by atoms with E-state index in [1.807, 2.05) is 13.0 Å². The molecule has 0 N–H and O–H groups in total. The number of halogens is 5. The number of thiophene rings is 1. The Kier molecular flexibility index (Phi) is 6.19. The first-order valence-corrected chi connectivity index (χ1v) is 12.2. The standard InChI is InChI=1S/C21H14Cl2F3N3OS2/c1-11-7-12(9-27-20(11)32(2)30)16-5-6-17(31-16)19-28-18(21(24,25)26)10-29(19)15-8-13(22)3-4-14(15)23/h3-10H,1-2H3. The molecule has 4 rings (SSSR count). The summed E-state index contributed by atoms with van der Waals surface area (Å²) in [6.07, 6.45) is -0.570. The minimum atomic E-state index is -4.63. The highest BCUT2D eigenvalue weighted by molar-refractivity contribution is 7.84. The predicted octanol–water partition coefficient (Wildman–Crippen LogP) is 7.03. The summed E-state index contributed by atoms with van der Waals surface area (Å²) >= 11 is 13.6. The molecule has 1 unspecified atom stereocenters. The molecule has 0 bridgehead atoms. The predicted molar refractivity (Wildman–Crippen MR) is 122 cm³/mol. The lowest BCUT2D eigenvalue weighted by Crippen LogP contribution is -2.05. The lowest BCUT2D eigenvalue weighted by atomic mass is 10.2. The van der Waals surface area contributed by atoms with Crippen LogP contribution in [0.15, 0.2) is 53.8 Å². The molecule has 11 heteroatoms. The average molecular weight is 516 g/mol. The van der Waals surface area contributed by atoms with Gasteiger partial charge in [0, 0.05) is 34.1 Å². The summed E-state index contributed by atoms with van der Waals surface area (Å²) in [5, 5.41) is 1.06. The molecule has 0 fully saturated rings. The van der Waals surface area contributed by atoms with Crippen molar-refractivity contribution in [3.63, 3.8) is 0 Å². The molecule has 0 aliphatic carbocycles. The first kappa shape index (κ1) is 23.0. The Labute approximate surface area is 198 Å². The van der Waals surface area contributed by atoms with Gasteiger partial charge in [-0.05, 0) is 48.9 Å². The second-order valence-corrected chi connectivity index (χ2v) is 10.1. The number of hydrogen-bond acceptors (Lipinski definition) is 4. The van der Waals surface area contributed by atoms with Gasteiger partial charge in [0.1, 0.15) is 5.03 Å². The molecule has 1 aromatic carbocycles. The second kappa shape index (κ2) is 8.62. The molecule has 0 spiro atoms. The number of aromatic nitrogens is 3. The van der Waals surface area contributed by atoms with Crippen LogP contribution in [0.3, 0.4) is 0 Å². The van der Waals surface area contributed by atoms with Crippen molar-refractivity contribution in [1.29, 1.82) is 0 Å². The third-order valence-electron chi connectivity index (χ3n) is 4.58. The molecule has 32 heavy (non-hydrogen) atoms. The minimum Gasteiger partial charge on any atom is -0.297 e. The van der Waals surface area contributed by atoms with Crippen LogP contribution in [-0.4, -0.2) is 25.0 Å². The maximum Gasteiger partial charge on any atom is 0.434 e. The van der Waals surface area contributed by atoms with Crippen LogP contribution in [0.5, 0.6) is 0 Å². The van der Waals surface area contributed by atoms with Crippen LogP contribution in [0.25, 0.3) is 26.8 Å². The largest absolute Gasteiger partial charge is 0.434 e. The van der Waals surface area contributed by atoms with Gasteiger partial charge >= 0.3 is 6.18 Å². The Bertz CT molecular complexity index is 1350. The summed E-state index contributed by atoms with van der Waals surface area (Å²) in [6, 6.07) is 9.88. The van der Waals surface area contributed by atoms with Crippen LogP contribution >= 0.6 is 34.5 Å². The fraction of sp³-hybridized carbons (Fsp3) is 0.143. The molecule has 4 aromatic rings. The van der Waals surface area contributed by atoms with Gasteiger partial charge in [-0.15, -0.1) is 11.3 Å². The molecule has 0 saturated carbocycles. The Morgan fingerprint density at radius 2 is 1.81 bits per heavy atom. The summed E-state index contributed by atoms with van der Waals surface area (Å²) < 4.78 is 53.4. The third-order valence-corrected chi connectivity index (χ3v) is 7.23. The van der Waals surface area contributed by atoms with Gasteiger partial charge in [0.05, 0.1) is 26.4 Å². The maximum atomic E-state index is 13.4. The number of pyridine rings is 1. The minimum absolute atomic E-state index is 0.0914. The Morgan fingerprint density at radius 3 is 2.47 bits per heavy atom. The SMILES string of the molecule is Cc1cc(-c2ccc(-c3nc(C(F)(F)F)cn3-c3cc(Cl)ccc3Cl)s2)cnc1S(C)=O. The van der Waals surface area contributed by atoms with Crippen molar-refractivity contribution in [2.24, 2.45) is 0 Å². The fourth-order valence-electron chi connectivity index (χ4n) is 3.16. The lowest BCUT2D eigenvalue weighted by Gasteiger charge is -2.09. The normalized spacial score (nSPS) is 12.8. The maximum absolute atomic E-state index is 13.4. The Hall–Kier alpha value is -2.20. The van der Waals surface area contributed by atoms with E-state index in [1.54, 1.807) is 30.7 Å². The van der Waals surface area contributed by atoms with E-state index in [0.717, 1.165) is 22.2 Å². The zero-order valence-electron chi connectivity index (χ0n) is 16.6. The molecular weight excluding hydrogens is 502 g/mol. The molecule has 0 amide bonds. The van der Waals surface area contributed by atoms with Crippen molar-refractivity contribution in [3.8, 4) is 26.8 Å². The van der Waals surface area contributed by atoms with E-state index >= 15 is 0 Å². The van der Waals surface area contributed by atoms with E-state index in [9.17, 15) is 17.4 Å².